The van der Waals surface area contributed by atoms with Gasteiger partial charge in [0.2, 0.25) is 0 Å². The van der Waals surface area contributed by atoms with Crippen molar-refractivity contribution in [3.63, 3.8) is 0 Å². The lowest BCUT2D eigenvalue weighted by atomic mass is 9.73. The summed E-state index contributed by atoms with van der Waals surface area (Å²) in [4.78, 5) is 0. The van der Waals surface area contributed by atoms with Gasteiger partial charge in [0.05, 0.1) is 7.85 Å². The zero-order valence-electron chi connectivity index (χ0n) is 7.56. The van der Waals surface area contributed by atoms with E-state index in [9.17, 15) is 0 Å². The topological polar surface area (TPSA) is 0 Å². The van der Waals surface area contributed by atoms with Crippen LogP contribution in [-0.4, -0.2) is 7.85 Å². The second-order valence-electron chi connectivity index (χ2n) is 3.22. The molecule has 0 spiro atoms. The molecule has 0 saturated heterocycles. The van der Waals surface area contributed by atoms with E-state index in [0.717, 1.165) is 0 Å². The van der Waals surface area contributed by atoms with E-state index in [1.165, 1.54) is 25.7 Å². The fourth-order valence-electron chi connectivity index (χ4n) is 1.29. The molecule has 0 aliphatic carbocycles. The van der Waals surface area contributed by atoms with Gasteiger partial charge >= 0.3 is 0 Å². The summed E-state index contributed by atoms with van der Waals surface area (Å²) in [6, 6.07) is 0. The molecule has 0 saturated carbocycles. The summed E-state index contributed by atoms with van der Waals surface area (Å²) in [6.45, 7) is 6.66. The van der Waals surface area contributed by atoms with Crippen molar-refractivity contribution in [2.75, 3.05) is 0 Å². The highest BCUT2D eigenvalue weighted by molar-refractivity contribution is 6.11. The van der Waals surface area contributed by atoms with Crippen LogP contribution in [0.4, 0.5) is 0 Å². The summed E-state index contributed by atoms with van der Waals surface area (Å²) in [6.07, 6.45) is 4.94. The Hall–Kier alpha value is 0.0649. The number of hydrogen-bond acceptors (Lipinski definition) is 0. The Labute approximate surface area is 66.8 Å². The van der Waals surface area contributed by atoms with E-state index in [0.29, 0.717) is 11.7 Å². The van der Waals surface area contributed by atoms with Gasteiger partial charge in [0, 0.05) is 0 Å². The maximum absolute atomic E-state index is 5.91. The Morgan fingerprint density at radius 3 is 2.00 bits per heavy atom. The Morgan fingerprint density at radius 1 is 1.10 bits per heavy atom. The Kier molecular flexibility index (Phi) is 5.86. The molecule has 0 rings (SSSR count). The van der Waals surface area contributed by atoms with Crippen molar-refractivity contribution >= 4 is 7.85 Å². The monoisotopic (exact) mass is 138 g/mol. The van der Waals surface area contributed by atoms with Crippen molar-refractivity contribution in [3.05, 3.63) is 0 Å². The van der Waals surface area contributed by atoms with Crippen LogP contribution in [0.5, 0.6) is 0 Å². The Bertz CT molecular complexity index is 61.1. The highest BCUT2D eigenvalue weighted by atomic mass is 14.1. The van der Waals surface area contributed by atoms with Crippen LogP contribution in [0.2, 0.25) is 5.82 Å². The molecule has 0 nitrogen and oxygen atoms in total. The SMILES string of the molecule is [B]C(CCC)C(C)CCC. The molecule has 0 aliphatic rings. The average molecular weight is 138 g/mol. The third-order valence-corrected chi connectivity index (χ3v) is 2.10. The number of hydrogen-bond donors (Lipinski definition) is 0. The van der Waals surface area contributed by atoms with Crippen LogP contribution in [0.3, 0.4) is 0 Å². The zero-order valence-corrected chi connectivity index (χ0v) is 7.56. The second kappa shape index (κ2) is 5.82. The average Bonchev–Trinajstić information content (AvgIpc) is 1.89. The molecule has 2 radical (unpaired) electrons. The summed E-state index contributed by atoms with van der Waals surface area (Å²) >= 11 is 0. The van der Waals surface area contributed by atoms with Gasteiger partial charge in [-0.1, -0.05) is 52.3 Å². The smallest absolute Gasteiger partial charge is 0.0703 e. The van der Waals surface area contributed by atoms with E-state index >= 15 is 0 Å². The van der Waals surface area contributed by atoms with Crippen LogP contribution in [0.1, 0.15) is 46.5 Å². The fourth-order valence-corrected chi connectivity index (χ4v) is 1.29. The van der Waals surface area contributed by atoms with Crippen molar-refractivity contribution < 1.29 is 0 Å². The maximum atomic E-state index is 5.91. The van der Waals surface area contributed by atoms with E-state index in [-0.39, 0.29) is 0 Å². The fraction of sp³-hybridized carbons (Fsp3) is 1.00. The van der Waals surface area contributed by atoms with E-state index < -0.39 is 0 Å². The molecule has 0 amide bonds. The van der Waals surface area contributed by atoms with Crippen LogP contribution >= 0.6 is 0 Å². The van der Waals surface area contributed by atoms with Gasteiger partial charge in [0.15, 0.2) is 0 Å². The third-order valence-electron chi connectivity index (χ3n) is 2.10. The number of rotatable bonds is 5. The summed E-state index contributed by atoms with van der Waals surface area (Å²) in [5, 5.41) is 0. The molecule has 2 atom stereocenters. The first-order valence-electron chi connectivity index (χ1n) is 4.47. The lowest BCUT2D eigenvalue weighted by molar-refractivity contribution is 0.467. The predicted molar refractivity (Wildman–Crippen MR) is 48.5 cm³/mol. The first kappa shape index (κ1) is 10.1. The highest BCUT2D eigenvalue weighted by Crippen LogP contribution is 2.23. The first-order chi connectivity index (χ1) is 4.72. The normalized spacial score (nSPS) is 16.7. The maximum Gasteiger partial charge on any atom is 0.0703 e. The van der Waals surface area contributed by atoms with Gasteiger partial charge in [-0.3, -0.25) is 0 Å². The molecular formula is C9H19B. The third kappa shape index (κ3) is 3.97. The molecule has 0 bridgehead atoms. The van der Waals surface area contributed by atoms with Gasteiger partial charge in [-0.05, 0) is 5.92 Å². The molecule has 2 unspecified atom stereocenters. The lowest BCUT2D eigenvalue weighted by Crippen LogP contribution is -2.04. The van der Waals surface area contributed by atoms with Gasteiger partial charge in [0.25, 0.3) is 0 Å². The summed E-state index contributed by atoms with van der Waals surface area (Å²) in [5.74, 6) is 1.15. The van der Waals surface area contributed by atoms with E-state index in [4.69, 9.17) is 7.85 Å². The minimum absolute atomic E-state index is 0.435. The molecule has 0 aromatic heterocycles. The van der Waals surface area contributed by atoms with Gasteiger partial charge in [-0.25, -0.2) is 0 Å². The minimum atomic E-state index is 0.435. The van der Waals surface area contributed by atoms with Crippen molar-refractivity contribution in [3.8, 4) is 0 Å². The Balaban J connectivity index is 3.38. The molecule has 0 N–H and O–H groups in total. The molecule has 1 heteroatoms. The van der Waals surface area contributed by atoms with Gasteiger partial charge < -0.3 is 0 Å². The van der Waals surface area contributed by atoms with Crippen LogP contribution in [-0.2, 0) is 0 Å². The van der Waals surface area contributed by atoms with E-state index in [1.807, 2.05) is 0 Å². The first-order valence-corrected chi connectivity index (χ1v) is 4.47. The van der Waals surface area contributed by atoms with E-state index in [2.05, 4.69) is 20.8 Å². The van der Waals surface area contributed by atoms with Crippen molar-refractivity contribution in [1.29, 1.82) is 0 Å². The molecule has 0 fully saturated rings. The summed E-state index contributed by atoms with van der Waals surface area (Å²) < 4.78 is 0. The lowest BCUT2D eigenvalue weighted by Gasteiger charge is -2.18. The predicted octanol–water partition coefficient (Wildman–Crippen LogP) is 3.18. The minimum Gasteiger partial charge on any atom is -0.0749 e. The second-order valence-corrected chi connectivity index (χ2v) is 3.22. The quantitative estimate of drug-likeness (QED) is 0.512. The molecular weight excluding hydrogens is 119 g/mol. The highest BCUT2D eigenvalue weighted by Gasteiger charge is 2.08. The molecule has 10 heavy (non-hydrogen) atoms. The van der Waals surface area contributed by atoms with Crippen molar-refractivity contribution in [2.45, 2.75) is 52.3 Å². The van der Waals surface area contributed by atoms with Crippen LogP contribution in [0.15, 0.2) is 0 Å². The molecule has 0 aromatic carbocycles. The van der Waals surface area contributed by atoms with Crippen LogP contribution in [0.25, 0.3) is 0 Å². The van der Waals surface area contributed by atoms with Crippen molar-refractivity contribution in [2.24, 2.45) is 5.92 Å². The largest absolute Gasteiger partial charge is 0.0749 e. The summed E-state index contributed by atoms with van der Waals surface area (Å²) in [5.41, 5.74) is 0. The van der Waals surface area contributed by atoms with Gasteiger partial charge in [-0.15, -0.1) is 0 Å². The Morgan fingerprint density at radius 2 is 1.60 bits per heavy atom. The molecule has 0 heterocycles. The van der Waals surface area contributed by atoms with Crippen molar-refractivity contribution in [1.82, 2.24) is 0 Å². The van der Waals surface area contributed by atoms with E-state index in [1.54, 1.807) is 0 Å². The molecule has 58 valence electrons. The zero-order chi connectivity index (χ0) is 7.98. The molecule has 0 aliphatic heterocycles. The van der Waals surface area contributed by atoms with Crippen LogP contribution < -0.4 is 0 Å². The van der Waals surface area contributed by atoms with Gasteiger partial charge in [-0.2, -0.15) is 0 Å². The van der Waals surface area contributed by atoms with Crippen LogP contribution in [0, 0.1) is 5.92 Å². The summed E-state index contributed by atoms with van der Waals surface area (Å²) in [7, 11) is 5.91. The standard InChI is InChI=1S/C9H19B/c1-4-6-8(3)9(10)7-5-2/h8-9H,4-7H2,1-3H3. The molecule has 0 aromatic rings. The van der Waals surface area contributed by atoms with Gasteiger partial charge in [0.1, 0.15) is 0 Å².